The Kier molecular flexibility index (Phi) is 16.5. The Balaban J connectivity index is 0.000000554. The number of pyridine rings is 1. The molecule has 0 radical (unpaired) electrons. The van der Waals surface area contributed by atoms with Gasteiger partial charge in [-0.1, -0.05) is 6.07 Å². The molecule has 1 N–H and O–H groups in total. The van der Waals surface area contributed by atoms with Gasteiger partial charge in [-0.05, 0) is 32.0 Å². The summed E-state index contributed by atoms with van der Waals surface area (Å²) in [5.74, 6) is -1.27. The minimum atomic E-state index is -0.519. The van der Waals surface area contributed by atoms with Gasteiger partial charge in [-0.25, -0.2) is 0 Å². The Hall–Kier alpha value is -3.09. The maximum atomic E-state index is 12.4. The lowest BCUT2D eigenvalue weighted by Crippen LogP contribution is -2.46. The van der Waals surface area contributed by atoms with E-state index in [1.807, 2.05) is 23.1 Å². The van der Waals surface area contributed by atoms with Gasteiger partial charge in [-0.3, -0.25) is 29.1 Å². The van der Waals surface area contributed by atoms with E-state index < -0.39 is 6.04 Å². The van der Waals surface area contributed by atoms with E-state index in [2.05, 4.69) is 26.7 Å². The number of nitrogens with one attached hydrogen (secondary N) is 1. The summed E-state index contributed by atoms with van der Waals surface area (Å²) >= 11 is 0. The second-order valence-electron chi connectivity index (χ2n) is 8.73. The molecule has 0 aromatic carbocycles. The third-order valence-corrected chi connectivity index (χ3v) is 5.96. The summed E-state index contributed by atoms with van der Waals surface area (Å²) in [5, 5.41) is 3.40. The summed E-state index contributed by atoms with van der Waals surface area (Å²) < 4.78 is 18.5. The maximum absolute atomic E-state index is 12.4. The van der Waals surface area contributed by atoms with E-state index in [1.165, 1.54) is 28.4 Å². The number of hydrogen-bond acceptors (Lipinski definition) is 12. The number of fused-ring (bicyclic) bond motifs is 2. The van der Waals surface area contributed by atoms with Crippen molar-refractivity contribution in [1.29, 1.82) is 0 Å². The summed E-state index contributed by atoms with van der Waals surface area (Å²) in [6, 6.07) is 5.41. The van der Waals surface area contributed by atoms with E-state index in [0.717, 1.165) is 31.0 Å². The molecule has 2 heterocycles. The van der Waals surface area contributed by atoms with Crippen LogP contribution in [-0.4, -0.2) is 106 Å². The summed E-state index contributed by atoms with van der Waals surface area (Å²) in [7, 11) is 7.43. The second-order valence-corrected chi connectivity index (χ2v) is 8.73. The van der Waals surface area contributed by atoms with Crippen LogP contribution in [0.1, 0.15) is 43.5 Å². The van der Waals surface area contributed by atoms with Crippen LogP contribution in [0.4, 0.5) is 0 Å². The van der Waals surface area contributed by atoms with Crippen molar-refractivity contribution in [3.05, 3.63) is 29.6 Å². The molecule has 1 aliphatic heterocycles. The predicted molar refractivity (Wildman–Crippen MR) is 139 cm³/mol. The highest BCUT2D eigenvalue weighted by Crippen LogP contribution is 2.15. The van der Waals surface area contributed by atoms with Crippen molar-refractivity contribution >= 4 is 23.9 Å². The molecule has 1 aliphatic rings. The number of carbonyl (C=O) groups excluding carboxylic acids is 4. The molecule has 12 heteroatoms. The first-order valence-corrected chi connectivity index (χ1v) is 12.6. The average Bonchev–Trinajstić information content (AvgIpc) is 2.93. The SMILES string of the molecule is COC(=O)CCC(C(=O)OC)N1CCN(C)CCNCc2cccc(n2)C1.COC(=O)CCCC(=O)OC. The van der Waals surface area contributed by atoms with Gasteiger partial charge in [-0.2, -0.15) is 0 Å². The van der Waals surface area contributed by atoms with Gasteiger partial charge in [0.05, 0.1) is 39.8 Å². The minimum Gasteiger partial charge on any atom is -0.469 e. The molecule has 1 aromatic heterocycles. The molecule has 214 valence electrons. The standard InChI is InChI=1S/C19H30N4O4.C7H12O4/c1-22-10-9-20-13-15-5-4-6-16(21-15)14-23(12-11-22)17(19(25)27-3)7-8-18(24)26-2;1-10-6(8)4-3-5-7(9)11-2/h4-6,17,20H,7-14H2,1-3H3;3-5H2,1-2H3. The van der Waals surface area contributed by atoms with Crippen molar-refractivity contribution in [2.45, 2.75) is 51.2 Å². The van der Waals surface area contributed by atoms with Gasteiger partial charge >= 0.3 is 23.9 Å². The zero-order chi connectivity index (χ0) is 28.3. The molecule has 2 bridgehead atoms. The van der Waals surface area contributed by atoms with E-state index in [9.17, 15) is 19.2 Å². The van der Waals surface area contributed by atoms with Crippen LogP contribution >= 0.6 is 0 Å². The van der Waals surface area contributed by atoms with E-state index in [1.54, 1.807) is 0 Å². The topological polar surface area (TPSA) is 137 Å². The molecule has 38 heavy (non-hydrogen) atoms. The summed E-state index contributed by atoms with van der Waals surface area (Å²) in [6.07, 6.45) is 1.54. The van der Waals surface area contributed by atoms with Gasteiger partial charge in [0, 0.05) is 58.5 Å². The Bertz CT molecular complexity index is 867. The zero-order valence-corrected chi connectivity index (χ0v) is 23.2. The molecular weight excluding hydrogens is 496 g/mol. The quantitative estimate of drug-likeness (QED) is 0.353. The highest BCUT2D eigenvalue weighted by atomic mass is 16.5. The predicted octanol–water partition coefficient (Wildman–Crippen LogP) is 0.916. The third kappa shape index (κ3) is 13.5. The van der Waals surface area contributed by atoms with Crippen LogP contribution in [0.25, 0.3) is 0 Å². The lowest BCUT2D eigenvalue weighted by atomic mass is 10.1. The number of hydrogen-bond donors (Lipinski definition) is 1. The van der Waals surface area contributed by atoms with Gasteiger partial charge in [0.1, 0.15) is 6.04 Å². The highest BCUT2D eigenvalue weighted by Gasteiger charge is 2.28. The van der Waals surface area contributed by atoms with Crippen LogP contribution in [0.2, 0.25) is 0 Å². The maximum Gasteiger partial charge on any atom is 0.323 e. The second kappa shape index (κ2) is 19.0. The first-order valence-electron chi connectivity index (χ1n) is 12.6. The minimum absolute atomic E-state index is 0.167. The number of methoxy groups -OCH3 is 4. The molecule has 0 amide bonds. The normalized spacial score (nSPS) is 15.4. The molecule has 1 aromatic rings. The molecule has 12 nitrogen and oxygen atoms in total. The molecule has 2 rings (SSSR count). The Morgan fingerprint density at radius 3 is 2.08 bits per heavy atom. The number of likely N-dealkylation sites (N-methyl/N-ethyl adjacent to an activating group) is 1. The largest absolute Gasteiger partial charge is 0.469 e. The molecule has 0 saturated carbocycles. The van der Waals surface area contributed by atoms with Crippen LogP contribution in [0, 0.1) is 0 Å². The Labute approximate surface area is 224 Å². The van der Waals surface area contributed by atoms with Crippen molar-refractivity contribution in [2.24, 2.45) is 0 Å². The van der Waals surface area contributed by atoms with Gasteiger partial charge in [0.15, 0.2) is 0 Å². The van der Waals surface area contributed by atoms with Crippen LogP contribution in [0.3, 0.4) is 0 Å². The molecule has 0 aliphatic carbocycles. The van der Waals surface area contributed by atoms with E-state index in [0.29, 0.717) is 32.5 Å². The lowest BCUT2D eigenvalue weighted by molar-refractivity contribution is -0.149. The summed E-state index contributed by atoms with van der Waals surface area (Å²) in [5.41, 5.74) is 1.87. The van der Waals surface area contributed by atoms with Crippen molar-refractivity contribution in [3.63, 3.8) is 0 Å². The van der Waals surface area contributed by atoms with Crippen LogP contribution in [0.15, 0.2) is 18.2 Å². The molecule has 0 saturated heterocycles. The first kappa shape index (κ1) is 32.9. The van der Waals surface area contributed by atoms with Crippen LogP contribution in [0.5, 0.6) is 0 Å². The molecule has 1 atom stereocenters. The summed E-state index contributed by atoms with van der Waals surface area (Å²) in [6.45, 7) is 4.47. The van der Waals surface area contributed by atoms with Gasteiger partial charge in [0.2, 0.25) is 0 Å². The highest BCUT2D eigenvalue weighted by molar-refractivity contribution is 5.77. The monoisotopic (exact) mass is 538 g/mol. The van der Waals surface area contributed by atoms with E-state index in [4.69, 9.17) is 14.5 Å². The van der Waals surface area contributed by atoms with Gasteiger partial charge in [-0.15, -0.1) is 0 Å². The van der Waals surface area contributed by atoms with Gasteiger partial charge in [0.25, 0.3) is 0 Å². The van der Waals surface area contributed by atoms with Crippen molar-refractivity contribution < 1.29 is 38.1 Å². The molecule has 0 fully saturated rings. The smallest absolute Gasteiger partial charge is 0.323 e. The Morgan fingerprint density at radius 1 is 0.868 bits per heavy atom. The number of esters is 4. The number of carbonyl (C=O) groups is 4. The fourth-order valence-corrected chi connectivity index (χ4v) is 3.69. The lowest BCUT2D eigenvalue weighted by Gasteiger charge is -2.31. The van der Waals surface area contributed by atoms with E-state index >= 15 is 0 Å². The zero-order valence-electron chi connectivity index (χ0n) is 23.2. The van der Waals surface area contributed by atoms with Crippen molar-refractivity contribution in [1.82, 2.24) is 20.1 Å². The third-order valence-electron chi connectivity index (χ3n) is 5.96. The summed E-state index contributed by atoms with van der Waals surface area (Å²) in [4.78, 5) is 54.0. The van der Waals surface area contributed by atoms with Crippen molar-refractivity contribution in [3.8, 4) is 0 Å². The fourth-order valence-electron chi connectivity index (χ4n) is 3.69. The number of rotatable bonds is 9. The number of aromatic nitrogens is 1. The average molecular weight is 539 g/mol. The fraction of sp³-hybridized carbons (Fsp3) is 0.654. The van der Waals surface area contributed by atoms with Gasteiger partial charge < -0.3 is 29.2 Å². The first-order chi connectivity index (χ1) is 18.2. The van der Waals surface area contributed by atoms with E-state index in [-0.39, 0.29) is 43.1 Å². The number of nitrogens with zero attached hydrogens (tertiary/aromatic N) is 3. The molecular formula is C26H42N4O8. The number of ether oxygens (including phenoxy) is 4. The Morgan fingerprint density at radius 2 is 1.47 bits per heavy atom. The van der Waals surface area contributed by atoms with Crippen LogP contribution in [-0.2, 0) is 51.2 Å². The van der Waals surface area contributed by atoms with Crippen molar-refractivity contribution in [2.75, 3.05) is 61.7 Å². The molecule has 0 spiro atoms. The van der Waals surface area contributed by atoms with Crippen LogP contribution < -0.4 is 5.32 Å². The molecule has 1 unspecified atom stereocenters.